The maximum Gasteiger partial charge on any atom is 0.222 e. The summed E-state index contributed by atoms with van der Waals surface area (Å²) < 4.78 is 10.9. The number of hydrogen-bond donors (Lipinski definition) is 2. The topological polar surface area (TPSA) is 95.0 Å². The van der Waals surface area contributed by atoms with Crippen LogP contribution in [0.25, 0.3) is 0 Å². The van der Waals surface area contributed by atoms with Gasteiger partial charge in [0.15, 0.2) is 5.78 Å². The van der Waals surface area contributed by atoms with E-state index in [1.54, 1.807) is 42.2 Å². The molecule has 2 N–H and O–H groups in total. The van der Waals surface area contributed by atoms with Crippen LogP contribution < -0.4 is 19.7 Å². The van der Waals surface area contributed by atoms with Gasteiger partial charge in [0.1, 0.15) is 22.9 Å². The molecular weight excluding hydrogens is 420 g/mol. The minimum absolute atomic E-state index is 0.00405. The molecule has 2 saturated heterocycles. The molecule has 2 fully saturated rings. The van der Waals surface area contributed by atoms with Gasteiger partial charge >= 0.3 is 0 Å². The molecule has 1 amide bonds. The number of hydrogen-bond acceptors (Lipinski definition) is 6. The van der Waals surface area contributed by atoms with Crippen molar-refractivity contribution in [1.29, 1.82) is 5.41 Å². The number of amides is 1. The lowest BCUT2D eigenvalue weighted by atomic mass is 9.83. The molecule has 0 aromatic heterocycles. The molecule has 33 heavy (non-hydrogen) atoms. The molecule has 0 unspecified atom stereocenters. The molecule has 1 spiro atoms. The second kappa shape index (κ2) is 7.65. The summed E-state index contributed by atoms with van der Waals surface area (Å²) in [5.41, 5.74) is 2.75. The highest BCUT2D eigenvalue weighted by atomic mass is 16.5. The molecule has 2 aromatic rings. The standard InChI is InChI=1S/C25H26N4O4/c1-4-21(30)28-13-25(14-28)23(31)22(20-9-15-7-5-6-8-19(15)27-20)24(26)29(25)16-10-17(32-2)12-18(11-16)33-3/h5-8,10-12,26-27H,4,9,13-14H2,1-3H3. The van der Waals surface area contributed by atoms with Crippen molar-refractivity contribution >= 4 is 28.9 Å². The van der Waals surface area contributed by atoms with Crippen LogP contribution in [-0.2, 0) is 16.0 Å². The summed E-state index contributed by atoms with van der Waals surface area (Å²) in [4.78, 5) is 29.7. The number of carbonyl (C=O) groups excluding carboxylic acids is 2. The Balaban J connectivity index is 1.62. The average molecular weight is 447 g/mol. The minimum Gasteiger partial charge on any atom is -0.497 e. The third-order valence-corrected chi connectivity index (χ3v) is 6.66. The Morgan fingerprint density at radius 3 is 2.39 bits per heavy atom. The quantitative estimate of drug-likeness (QED) is 0.702. The van der Waals surface area contributed by atoms with Crippen LogP contribution in [0.15, 0.2) is 53.7 Å². The first-order valence-corrected chi connectivity index (χ1v) is 10.9. The monoisotopic (exact) mass is 446 g/mol. The van der Waals surface area contributed by atoms with Crippen molar-refractivity contribution in [3.63, 3.8) is 0 Å². The maximum absolute atomic E-state index is 13.9. The Kier molecular flexibility index (Phi) is 4.88. The lowest BCUT2D eigenvalue weighted by Gasteiger charge is -2.51. The SMILES string of the molecule is CCC(=O)N1CC2(C1)C(=O)C(=C1Cc3ccccc3N1)C(=N)N2c1cc(OC)cc(OC)c1. The minimum atomic E-state index is -1.02. The van der Waals surface area contributed by atoms with Crippen molar-refractivity contribution in [2.24, 2.45) is 0 Å². The first kappa shape index (κ1) is 21.1. The number of allylic oxidation sites excluding steroid dienone is 1. The molecule has 8 nitrogen and oxygen atoms in total. The molecule has 170 valence electrons. The summed E-state index contributed by atoms with van der Waals surface area (Å²) in [6.07, 6.45) is 0.933. The smallest absolute Gasteiger partial charge is 0.222 e. The summed E-state index contributed by atoms with van der Waals surface area (Å²) in [7, 11) is 3.12. The van der Waals surface area contributed by atoms with E-state index in [1.165, 1.54) is 0 Å². The fourth-order valence-corrected chi connectivity index (χ4v) is 4.96. The number of ketones is 1. The van der Waals surface area contributed by atoms with E-state index >= 15 is 0 Å². The van der Waals surface area contributed by atoms with E-state index in [9.17, 15) is 9.59 Å². The number of fused-ring (bicyclic) bond motifs is 1. The van der Waals surface area contributed by atoms with Crippen LogP contribution in [0.1, 0.15) is 18.9 Å². The normalized spacial score (nSPS) is 20.6. The lowest BCUT2D eigenvalue weighted by molar-refractivity contribution is -0.141. The first-order valence-electron chi connectivity index (χ1n) is 10.9. The van der Waals surface area contributed by atoms with Crippen molar-refractivity contribution in [3.05, 3.63) is 59.3 Å². The van der Waals surface area contributed by atoms with Crippen LogP contribution in [0.2, 0.25) is 0 Å². The first-order chi connectivity index (χ1) is 15.9. The maximum atomic E-state index is 13.9. The van der Waals surface area contributed by atoms with Gasteiger partial charge in [0, 0.05) is 42.4 Å². The number of carbonyl (C=O) groups is 2. The summed E-state index contributed by atoms with van der Waals surface area (Å²) >= 11 is 0. The zero-order valence-electron chi connectivity index (χ0n) is 18.9. The molecule has 0 atom stereocenters. The Bertz CT molecular complexity index is 1160. The van der Waals surface area contributed by atoms with Crippen molar-refractivity contribution < 1.29 is 19.1 Å². The van der Waals surface area contributed by atoms with Gasteiger partial charge in [-0.05, 0) is 11.6 Å². The molecule has 2 aromatic carbocycles. The van der Waals surface area contributed by atoms with Crippen molar-refractivity contribution in [1.82, 2.24) is 4.90 Å². The molecule has 3 aliphatic rings. The molecule has 8 heteroatoms. The van der Waals surface area contributed by atoms with Gasteiger partial charge < -0.3 is 24.6 Å². The number of ether oxygens (including phenoxy) is 2. The number of anilines is 2. The van der Waals surface area contributed by atoms with E-state index in [1.807, 2.05) is 31.2 Å². The number of rotatable bonds is 4. The molecule has 0 bridgehead atoms. The highest BCUT2D eigenvalue weighted by molar-refractivity contribution is 6.37. The fourth-order valence-electron chi connectivity index (χ4n) is 4.96. The molecule has 0 radical (unpaired) electrons. The molecule has 0 saturated carbocycles. The summed E-state index contributed by atoms with van der Waals surface area (Å²) in [5.74, 6) is 1.11. The highest BCUT2D eigenvalue weighted by Crippen LogP contribution is 2.45. The Hall–Kier alpha value is -3.81. The molecule has 3 heterocycles. The Morgan fingerprint density at radius 2 is 1.79 bits per heavy atom. The van der Waals surface area contributed by atoms with E-state index in [2.05, 4.69) is 5.32 Å². The van der Waals surface area contributed by atoms with Crippen molar-refractivity contribution in [2.75, 3.05) is 37.5 Å². The van der Waals surface area contributed by atoms with E-state index in [0.717, 1.165) is 16.9 Å². The number of para-hydroxylation sites is 1. The molecule has 3 aliphatic heterocycles. The van der Waals surface area contributed by atoms with Crippen LogP contribution in [0.4, 0.5) is 11.4 Å². The van der Waals surface area contributed by atoms with Crippen LogP contribution in [0, 0.1) is 5.41 Å². The van der Waals surface area contributed by atoms with Gasteiger partial charge in [-0.1, -0.05) is 25.1 Å². The van der Waals surface area contributed by atoms with Crippen LogP contribution in [0.3, 0.4) is 0 Å². The molecule has 0 aliphatic carbocycles. The van der Waals surface area contributed by atoms with E-state index < -0.39 is 5.54 Å². The third-order valence-electron chi connectivity index (χ3n) is 6.66. The van der Waals surface area contributed by atoms with Crippen LogP contribution in [0.5, 0.6) is 11.5 Å². The average Bonchev–Trinajstić information content (AvgIpc) is 3.32. The second-order valence-electron chi connectivity index (χ2n) is 8.53. The number of benzene rings is 2. The van der Waals surface area contributed by atoms with E-state index in [-0.39, 0.29) is 30.6 Å². The van der Waals surface area contributed by atoms with Gasteiger partial charge in [0.05, 0.1) is 38.6 Å². The van der Waals surface area contributed by atoms with Crippen molar-refractivity contribution in [3.8, 4) is 11.5 Å². The summed E-state index contributed by atoms with van der Waals surface area (Å²) in [6.45, 7) is 2.29. The Labute approximate surface area is 192 Å². The van der Waals surface area contributed by atoms with Gasteiger partial charge in [-0.25, -0.2) is 0 Å². The lowest BCUT2D eigenvalue weighted by Crippen LogP contribution is -2.72. The zero-order valence-corrected chi connectivity index (χ0v) is 18.9. The number of likely N-dealkylation sites (tertiary alicyclic amines) is 1. The fraction of sp³-hybridized carbons (Fsp3) is 0.320. The van der Waals surface area contributed by atoms with Gasteiger partial charge in [0.2, 0.25) is 5.91 Å². The number of Topliss-reactive ketones (excluding diaryl/α,β-unsaturated/α-hetero) is 1. The van der Waals surface area contributed by atoms with Crippen LogP contribution in [-0.4, -0.2) is 55.3 Å². The predicted molar refractivity (Wildman–Crippen MR) is 125 cm³/mol. The largest absolute Gasteiger partial charge is 0.497 e. The van der Waals surface area contributed by atoms with E-state index in [0.29, 0.717) is 35.6 Å². The number of amidine groups is 1. The number of nitrogens with zero attached hydrogens (tertiary/aromatic N) is 2. The molecule has 5 rings (SSSR count). The van der Waals surface area contributed by atoms with Gasteiger partial charge in [-0.2, -0.15) is 0 Å². The number of methoxy groups -OCH3 is 2. The van der Waals surface area contributed by atoms with Gasteiger partial charge in [-0.3, -0.25) is 15.0 Å². The summed E-state index contributed by atoms with van der Waals surface area (Å²) in [5, 5.41) is 12.4. The van der Waals surface area contributed by atoms with Crippen LogP contribution >= 0.6 is 0 Å². The predicted octanol–water partition coefficient (Wildman–Crippen LogP) is 2.98. The van der Waals surface area contributed by atoms with Gasteiger partial charge in [0.25, 0.3) is 0 Å². The number of nitrogens with one attached hydrogen (secondary N) is 2. The second-order valence-corrected chi connectivity index (χ2v) is 8.53. The van der Waals surface area contributed by atoms with E-state index in [4.69, 9.17) is 14.9 Å². The molecular formula is C25H26N4O4. The summed E-state index contributed by atoms with van der Waals surface area (Å²) in [6, 6.07) is 13.2. The Morgan fingerprint density at radius 1 is 1.12 bits per heavy atom. The van der Waals surface area contributed by atoms with Crippen molar-refractivity contribution in [2.45, 2.75) is 25.3 Å². The highest BCUT2D eigenvalue weighted by Gasteiger charge is 2.62. The van der Waals surface area contributed by atoms with Gasteiger partial charge in [-0.15, -0.1) is 0 Å². The third kappa shape index (κ3) is 3.08. The zero-order chi connectivity index (χ0) is 23.3.